The molecule has 2 aromatic rings. The van der Waals surface area contributed by atoms with Crippen LogP contribution in [0.2, 0.25) is 0 Å². The molecule has 0 spiro atoms. The third-order valence-electron chi connectivity index (χ3n) is 6.10. The van der Waals surface area contributed by atoms with Crippen molar-refractivity contribution in [2.45, 2.75) is 91.4 Å². The first kappa shape index (κ1) is 28.6. The van der Waals surface area contributed by atoms with Gasteiger partial charge >= 0.3 is 5.97 Å². The maximum absolute atomic E-state index is 11.6. The Morgan fingerprint density at radius 3 is 2.11 bits per heavy atom. The number of hydrogen-bond acceptors (Lipinski definition) is 4. The van der Waals surface area contributed by atoms with E-state index in [4.69, 9.17) is 9.47 Å². The maximum Gasteiger partial charge on any atom is 0.306 e. The Bertz CT molecular complexity index is 843. The van der Waals surface area contributed by atoms with Crippen molar-refractivity contribution in [3.63, 3.8) is 0 Å². The maximum atomic E-state index is 11.6. The van der Waals surface area contributed by atoms with Crippen molar-refractivity contribution in [3.05, 3.63) is 59.7 Å². The Kier molecular flexibility index (Phi) is 14.5. The van der Waals surface area contributed by atoms with Crippen LogP contribution in [0.15, 0.2) is 53.5 Å². The van der Waals surface area contributed by atoms with Gasteiger partial charge in [-0.15, -0.1) is 0 Å². The first-order valence-corrected chi connectivity index (χ1v) is 13.6. The molecule has 0 amide bonds. The number of hydrogen-bond donors (Lipinski definition) is 0. The van der Waals surface area contributed by atoms with Gasteiger partial charge in [-0.2, -0.15) is 0 Å². The van der Waals surface area contributed by atoms with Gasteiger partial charge in [0.2, 0.25) is 0 Å². The SMILES string of the molecule is CCCCCCCCCCCOc1ccc(C=Nc2ccc(CC(C)CC(=O)OCC)cc2)cc1. The molecule has 2 rings (SSSR count). The zero-order chi connectivity index (χ0) is 25.1. The Labute approximate surface area is 213 Å². The molecule has 0 saturated heterocycles. The van der Waals surface area contributed by atoms with E-state index in [1.54, 1.807) is 0 Å². The zero-order valence-corrected chi connectivity index (χ0v) is 22.1. The lowest BCUT2D eigenvalue weighted by Gasteiger charge is -2.10. The van der Waals surface area contributed by atoms with Gasteiger partial charge in [0, 0.05) is 12.6 Å². The van der Waals surface area contributed by atoms with E-state index in [0.29, 0.717) is 13.0 Å². The fourth-order valence-corrected chi connectivity index (χ4v) is 4.10. The molecule has 0 radical (unpaired) electrons. The monoisotopic (exact) mass is 479 g/mol. The summed E-state index contributed by atoms with van der Waals surface area (Å²) in [4.78, 5) is 16.2. The zero-order valence-electron chi connectivity index (χ0n) is 22.1. The average molecular weight is 480 g/mol. The van der Waals surface area contributed by atoms with E-state index in [1.807, 2.05) is 49.5 Å². The molecule has 35 heavy (non-hydrogen) atoms. The van der Waals surface area contributed by atoms with Gasteiger partial charge in [0.05, 0.1) is 18.9 Å². The molecule has 0 aliphatic heterocycles. The average Bonchev–Trinajstić information content (AvgIpc) is 2.85. The Morgan fingerprint density at radius 1 is 0.857 bits per heavy atom. The first-order chi connectivity index (χ1) is 17.1. The summed E-state index contributed by atoms with van der Waals surface area (Å²) in [6.45, 7) is 7.40. The fourth-order valence-electron chi connectivity index (χ4n) is 4.10. The van der Waals surface area contributed by atoms with E-state index in [0.717, 1.165) is 36.4 Å². The molecule has 192 valence electrons. The minimum atomic E-state index is -0.124. The van der Waals surface area contributed by atoms with Gasteiger partial charge in [0.15, 0.2) is 0 Å². The van der Waals surface area contributed by atoms with E-state index in [1.165, 1.54) is 56.9 Å². The van der Waals surface area contributed by atoms with Crippen molar-refractivity contribution < 1.29 is 14.3 Å². The molecule has 0 aromatic heterocycles. The van der Waals surface area contributed by atoms with Crippen molar-refractivity contribution in [1.82, 2.24) is 0 Å². The molecule has 0 fully saturated rings. The van der Waals surface area contributed by atoms with Crippen LogP contribution in [0.25, 0.3) is 0 Å². The normalized spacial score (nSPS) is 12.1. The standard InChI is InChI=1S/C31H45NO3/c1-4-6-7-8-9-10-11-12-13-22-35-30-20-16-28(17-21-30)25-32-29-18-14-27(15-19-29)23-26(3)24-31(33)34-5-2/h14-21,25-26H,4-13,22-24H2,1-3H3. The highest BCUT2D eigenvalue weighted by Gasteiger charge is 2.10. The second-order valence-electron chi connectivity index (χ2n) is 9.49. The summed E-state index contributed by atoms with van der Waals surface area (Å²) in [6.07, 6.45) is 15.1. The third-order valence-corrected chi connectivity index (χ3v) is 6.10. The van der Waals surface area contributed by atoms with E-state index >= 15 is 0 Å². The van der Waals surface area contributed by atoms with Crippen molar-refractivity contribution in [2.24, 2.45) is 10.9 Å². The molecule has 4 heteroatoms. The van der Waals surface area contributed by atoms with E-state index in [2.05, 4.69) is 31.0 Å². The van der Waals surface area contributed by atoms with E-state index < -0.39 is 0 Å². The molecule has 0 saturated carbocycles. The van der Waals surface area contributed by atoms with Crippen molar-refractivity contribution in [1.29, 1.82) is 0 Å². The minimum absolute atomic E-state index is 0.124. The van der Waals surface area contributed by atoms with Crippen LogP contribution >= 0.6 is 0 Å². The quantitative estimate of drug-likeness (QED) is 0.122. The molecule has 1 atom stereocenters. The first-order valence-electron chi connectivity index (χ1n) is 13.6. The van der Waals surface area contributed by atoms with Crippen LogP contribution in [0.4, 0.5) is 5.69 Å². The molecular formula is C31H45NO3. The Hall–Kier alpha value is -2.62. The number of carbonyl (C=O) groups excluding carboxylic acids is 1. The molecule has 0 bridgehead atoms. The smallest absolute Gasteiger partial charge is 0.306 e. The topological polar surface area (TPSA) is 47.9 Å². The second-order valence-corrected chi connectivity index (χ2v) is 9.49. The number of carbonyl (C=O) groups is 1. The summed E-state index contributed by atoms with van der Waals surface area (Å²) in [5.41, 5.74) is 3.17. The molecule has 1 unspecified atom stereocenters. The van der Waals surface area contributed by atoms with Gasteiger partial charge < -0.3 is 9.47 Å². The van der Waals surface area contributed by atoms with Crippen LogP contribution in [0, 0.1) is 5.92 Å². The Morgan fingerprint density at radius 2 is 1.49 bits per heavy atom. The highest BCUT2D eigenvalue weighted by atomic mass is 16.5. The number of nitrogens with zero attached hydrogens (tertiary/aromatic N) is 1. The van der Waals surface area contributed by atoms with Gasteiger partial charge in [-0.05, 0) is 73.2 Å². The van der Waals surface area contributed by atoms with Crippen molar-refractivity contribution >= 4 is 17.9 Å². The largest absolute Gasteiger partial charge is 0.494 e. The van der Waals surface area contributed by atoms with E-state index in [9.17, 15) is 4.79 Å². The number of aliphatic imine (C=N–C) groups is 1. The van der Waals surface area contributed by atoms with E-state index in [-0.39, 0.29) is 11.9 Å². The predicted octanol–water partition coefficient (Wildman–Crippen LogP) is 8.48. The molecule has 0 heterocycles. The van der Waals surface area contributed by atoms with Crippen molar-refractivity contribution in [3.8, 4) is 5.75 Å². The summed E-state index contributed by atoms with van der Waals surface area (Å²) in [6, 6.07) is 16.3. The third kappa shape index (κ3) is 13.2. The van der Waals surface area contributed by atoms with Gasteiger partial charge in [-0.1, -0.05) is 77.3 Å². The van der Waals surface area contributed by atoms with Gasteiger partial charge in [-0.3, -0.25) is 9.79 Å². The minimum Gasteiger partial charge on any atom is -0.494 e. The van der Waals surface area contributed by atoms with Gasteiger partial charge in [-0.25, -0.2) is 0 Å². The van der Waals surface area contributed by atoms with Gasteiger partial charge in [0.25, 0.3) is 0 Å². The lowest BCUT2D eigenvalue weighted by molar-refractivity contribution is -0.144. The number of unbranched alkanes of at least 4 members (excludes halogenated alkanes) is 8. The highest BCUT2D eigenvalue weighted by Crippen LogP contribution is 2.18. The number of esters is 1. The molecule has 2 aromatic carbocycles. The van der Waals surface area contributed by atoms with Crippen LogP contribution in [0.3, 0.4) is 0 Å². The van der Waals surface area contributed by atoms with Crippen LogP contribution < -0.4 is 4.74 Å². The fraction of sp³-hybridized carbons (Fsp3) is 0.548. The van der Waals surface area contributed by atoms with Crippen LogP contribution in [-0.4, -0.2) is 25.4 Å². The number of rotatable bonds is 18. The molecule has 0 aliphatic rings. The number of ether oxygens (including phenoxy) is 2. The van der Waals surface area contributed by atoms with Crippen LogP contribution in [-0.2, 0) is 16.0 Å². The molecular weight excluding hydrogens is 434 g/mol. The molecule has 0 N–H and O–H groups in total. The molecule has 0 aliphatic carbocycles. The summed E-state index contributed by atoms with van der Waals surface area (Å²) >= 11 is 0. The summed E-state index contributed by atoms with van der Waals surface area (Å²) in [5.74, 6) is 1.05. The number of benzene rings is 2. The lowest BCUT2D eigenvalue weighted by atomic mass is 9.98. The summed E-state index contributed by atoms with van der Waals surface area (Å²) < 4.78 is 10.9. The summed E-state index contributed by atoms with van der Waals surface area (Å²) in [5, 5.41) is 0. The second kappa shape index (κ2) is 17.8. The van der Waals surface area contributed by atoms with Crippen LogP contribution in [0.1, 0.15) is 96.1 Å². The lowest BCUT2D eigenvalue weighted by Crippen LogP contribution is -2.11. The molecule has 4 nitrogen and oxygen atoms in total. The summed E-state index contributed by atoms with van der Waals surface area (Å²) in [7, 11) is 0. The van der Waals surface area contributed by atoms with Gasteiger partial charge in [0.1, 0.15) is 5.75 Å². The Balaban J connectivity index is 1.65. The highest BCUT2D eigenvalue weighted by molar-refractivity contribution is 5.82. The van der Waals surface area contributed by atoms with Crippen molar-refractivity contribution in [2.75, 3.05) is 13.2 Å². The predicted molar refractivity (Wildman–Crippen MR) is 147 cm³/mol. The van der Waals surface area contributed by atoms with Crippen LogP contribution in [0.5, 0.6) is 5.75 Å².